The lowest BCUT2D eigenvalue weighted by Crippen LogP contribution is -1.99. The van der Waals surface area contributed by atoms with Crippen LogP contribution >= 0.6 is 0 Å². The van der Waals surface area contributed by atoms with E-state index in [0.29, 0.717) is 21.8 Å². The first-order valence-electron chi connectivity index (χ1n) is 5.71. The van der Waals surface area contributed by atoms with Crippen molar-refractivity contribution >= 4 is 33.7 Å². The van der Waals surface area contributed by atoms with Crippen LogP contribution in [0.1, 0.15) is 20.7 Å². The Balaban J connectivity index is 2.31. The predicted molar refractivity (Wildman–Crippen MR) is 71.0 cm³/mol. The van der Waals surface area contributed by atoms with Gasteiger partial charge in [0.05, 0.1) is 22.2 Å². The third kappa shape index (κ3) is 1.83. The number of carbonyl (C=O) groups is 2. The minimum absolute atomic E-state index is 0.0963. The van der Waals surface area contributed by atoms with Crippen molar-refractivity contribution in [2.75, 3.05) is 0 Å². The lowest BCUT2D eigenvalue weighted by atomic mass is 10.1. The van der Waals surface area contributed by atoms with Gasteiger partial charge >= 0.3 is 11.9 Å². The molecule has 0 aliphatic carbocycles. The van der Waals surface area contributed by atoms with Crippen molar-refractivity contribution in [1.29, 1.82) is 0 Å². The molecule has 2 N–H and O–H groups in total. The highest BCUT2D eigenvalue weighted by molar-refractivity contribution is 6.05. The van der Waals surface area contributed by atoms with Gasteiger partial charge in [0.2, 0.25) is 0 Å². The Hall–Kier alpha value is -3.02. The van der Waals surface area contributed by atoms with Crippen LogP contribution in [-0.4, -0.2) is 32.1 Å². The second-order valence-corrected chi connectivity index (χ2v) is 4.27. The number of rotatable bonds is 2. The molecule has 0 unspecified atom stereocenters. The molecule has 0 aliphatic heterocycles. The maximum absolute atomic E-state index is 10.9. The van der Waals surface area contributed by atoms with E-state index >= 15 is 0 Å². The van der Waals surface area contributed by atoms with Crippen LogP contribution < -0.4 is 0 Å². The SMILES string of the molecule is O=C(O)c1cnc2c(ccc3cc(C(=O)O)cnc32)c1. The highest BCUT2D eigenvalue weighted by Gasteiger charge is 2.10. The van der Waals surface area contributed by atoms with Gasteiger partial charge in [-0.1, -0.05) is 12.1 Å². The number of carboxylic acids is 2. The fraction of sp³-hybridized carbons (Fsp3) is 0. The summed E-state index contributed by atoms with van der Waals surface area (Å²) in [6.45, 7) is 0. The van der Waals surface area contributed by atoms with Gasteiger partial charge in [-0.05, 0) is 12.1 Å². The topological polar surface area (TPSA) is 100 Å². The zero-order chi connectivity index (χ0) is 14.3. The predicted octanol–water partition coefficient (Wildman–Crippen LogP) is 2.18. The molecule has 0 saturated heterocycles. The fourth-order valence-electron chi connectivity index (χ4n) is 2.03. The van der Waals surface area contributed by atoms with E-state index in [-0.39, 0.29) is 11.1 Å². The molecule has 1 aromatic carbocycles. The maximum atomic E-state index is 10.9. The van der Waals surface area contributed by atoms with E-state index in [0.717, 1.165) is 0 Å². The lowest BCUT2D eigenvalue weighted by Gasteiger charge is -2.04. The summed E-state index contributed by atoms with van der Waals surface area (Å²) in [6, 6.07) is 6.42. The Labute approximate surface area is 112 Å². The maximum Gasteiger partial charge on any atom is 0.337 e. The fourth-order valence-corrected chi connectivity index (χ4v) is 2.03. The average Bonchev–Trinajstić information content (AvgIpc) is 2.45. The van der Waals surface area contributed by atoms with E-state index in [1.54, 1.807) is 12.1 Å². The summed E-state index contributed by atoms with van der Waals surface area (Å²) < 4.78 is 0. The van der Waals surface area contributed by atoms with Crippen LogP contribution in [0, 0.1) is 0 Å². The Morgan fingerprint density at radius 1 is 0.800 bits per heavy atom. The number of fused-ring (bicyclic) bond motifs is 3. The molecule has 2 heterocycles. The summed E-state index contributed by atoms with van der Waals surface area (Å²) in [5.41, 5.74) is 1.28. The number of hydrogen-bond donors (Lipinski definition) is 2. The summed E-state index contributed by atoms with van der Waals surface area (Å²) in [5, 5.41) is 19.2. The lowest BCUT2D eigenvalue weighted by molar-refractivity contribution is 0.0685. The molecule has 0 spiro atoms. The van der Waals surface area contributed by atoms with Crippen molar-refractivity contribution in [2.45, 2.75) is 0 Å². The molecule has 0 saturated carbocycles. The van der Waals surface area contributed by atoms with Crippen molar-refractivity contribution in [3.05, 3.63) is 47.8 Å². The van der Waals surface area contributed by atoms with Gasteiger partial charge < -0.3 is 10.2 Å². The zero-order valence-electron chi connectivity index (χ0n) is 10.1. The van der Waals surface area contributed by atoms with Crippen LogP contribution in [0.5, 0.6) is 0 Å². The second-order valence-electron chi connectivity index (χ2n) is 4.27. The zero-order valence-corrected chi connectivity index (χ0v) is 10.1. The van der Waals surface area contributed by atoms with Gasteiger partial charge in [0.25, 0.3) is 0 Å². The highest BCUT2D eigenvalue weighted by atomic mass is 16.4. The Bertz CT molecular complexity index is 801. The van der Waals surface area contributed by atoms with E-state index < -0.39 is 11.9 Å². The molecule has 0 fully saturated rings. The molecule has 20 heavy (non-hydrogen) atoms. The normalized spacial score (nSPS) is 10.8. The number of benzene rings is 1. The first-order chi connectivity index (χ1) is 9.56. The van der Waals surface area contributed by atoms with Crippen LogP contribution in [0.4, 0.5) is 0 Å². The minimum atomic E-state index is -1.05. The van der Waals surface area contributed by atoms with Crippen LogP contribution in [0.25, 0.3) is 21.8 Å². The standard InChI is InChI=1S/C14H8N2O4/c17-13(18)9-3-7-1-2-8-4-10(14(19)20)6-16-12(8)11(7)15-5-9/h1-6H,(H,17,18)(H,19,20). The summed E-state index contributed by atoms with van der Waals surface area (Å²) in [4.78, 5) is 30.0. The smallest absolute Gasteiger partial charge is 0.337 e. The van der Waals surface area contributed by atoms with Gasteiger partial charge in [0.15, 0.2) is 0 Å². The minimum Gasteiger partial charge on any atom is -0.478 e. The number of aromatic nitrogens is 2. The molecule has 3 aromatic rings. The number of aromatic carboxylic acids is 2. The molecule has 0 aliphatic rings. The van der Waals surface area contributed by atoms with Crippen LogP contribution in [-0.2, 0) is 0 Å². The summed E-state index contributed by atoms with van der Waals surface area (Å²) in [7, 11) is 0. The first kappa shape index (κ1) is 12.0. The van der Waals surface area contributed by atoms with Gasteiger partial charge in [-0.3, -0.25) is 9.97 Å². The van der Waals surface area contributed by atoms with E-state index in [1.165, 1.54) is 24.5 Å². The van der Waals surface area contributed by atoms with Gasteiger partial charge in [0.1, 0.15) is 0 Å². The quantitative estimate of drug-likeness (QED) is 0.691. The van der Waals surface area contributed by atoms with Crippen molar-refractivity contribution in [3.8, 4) is 0 Å². The summed E-state index contributed by atoms with van der Waals surface area (Å²) in [6.07, 6.45) is 2.52. The molecule has 0 bridgehead atoms. The average molecular weight is 268 g/mol. The number of pyridine rings is 2. The molecule has 3 rings (SSSR count). The second kappa shape index (κ2) is 4.27. The molecule has 2 aromatic heterocycles. The molecule has 0 amide bonds. The van der Waals surface area contributed by atoms with Crippen molar-refractivity contribution in [2.24, 2.45) is 0 Å². The number of carboxylic acid groups (broad SMARTS) is 2. The van der Waals surface area contributed by atoms with Gasteiger partial charge in [-0.15, -0.1) is 0 Å². The third-order valence-corrected chi connectivity index (χ3v) is 3.00. The van der Waals surface area contributed by atoms with E-state index in [2.05, 4.69) is 9.97 Å². The highest BCUT2D eigenvalue weighted by Crippen LogP contribution is 2.23. The number of hydrogen-bond acceptors (Lipinski definition) is 4. The molecular weight excluding hydrogens is 260 g/mol. The molecule has 0 atom stereocenters. The van der Waals surface area contributed by atoms with Gasteiger partial charge in [0, 0.05) is 23.2 Å². The third-order valence-electron chi connectivity index (χ3n) is 3.00. The van der Waals surface area contributed by atoms with E-state index in [9.17, 15) is 9.59 Å². The van der Waals surface area contributed by atoms with E-state index in [1.807, 2.05) is 0 Å². The van der Waals surface area contributed by atoms with Crippen LogP contribution in [0.2, 0.25) is 0 Å². The largest absolute Gasteiger partial charge is 0.478 e. The molecule has 0 radical (unpaired) electrons. The van der Waals surface area contributed by atoms with Crippen molar-refractivity contribution < 1.29 is 19.8 Å². The van der Waals surface area contributed by atoms with Crippen molar-refractivity contribution in [1.82, 2.24) is 9.97 Å². The monoisotopic (exact) mass is 268 g/mol. The molecule has 6 nitrogen and oxygen atoms in total. The Kier molecular flexibility index (Phi) is 2.57. The Morgan fingerprint density at radius 3 is 1.55 bits per heavy atom. The first-order valence-corrected chi connectivity index (χ1v) is 5.71. The molecule has 98 valence electrons. The molecule has 6 heteroatoms. The molecular formula is C14H8N2O4. The van der Waals surface area contributed by atoms with Gasteiger partial charge in [-0.2, -0.15) is 0 Å². The van der Waals surface area contributed by atoms with E-state index in [4.69, 9.17) is 10.2 Å². The number of nitrogens with zero attached hydrogens (tertiary/aromatic N) is 2. The van der Waals surface area contributed by atoms with Crippen LogP contribution in [0.15, 0.2) is 36.7 Å². The van der Waals surface area contributed by atoms with Crippen molar-refractivity contribution in [3.63, 3.8) is 0 Å². The summed E-state index contributed by atoms with van der Waals surface area (Å²) >= 11 is 0. The van der Waals surface area contributed by atoms with Crippen LogP contribution in [0.3, 0.4) is 0 Å². The Morgan fingerprint density at radius 2 is 1.20 bits per heavy atom. The summed E-state index contributed by atoms with van der Waals surface area (Å²) in [5.74, 6) is -2.10. The van der Waals surface area contributed by atoms with Gasteiger partial charge in [-0.25, -0.2) is 9.59 Å².